The van der Waals surface area contributed by atoms with Gasteiger partial charge < -0.3 is 4.98 Å². The third-order valence-electron chi connectivity index (χ3n) is 3.01. The fourth-order valence-electron chi connectivity index (χ4n) is 1.98. The number of nitrogens with one attached hydrogen (secondary N) is 1. The topological polar surface area (TPSA) is 88.6 Å². The first kappa shape index (κ1) is 23.4. The molecule has 0 aliphatic rings. The summed E-state index contributed by atoms with van der Waals surface area (Å²) >= 11 is 19.4. The van der Waals surface area contributed by atoms with Gasteiger partial charge >= 0.3 is 5.20 Å². The van der Waals surface area contributed by atoms with Crippen LogP contribution < -0.4 is 5.56 Å². The zero-order valence-electron chi connectivity index (χ0n) is 14.0. The minimum Gasteiger partial charge on any atom is -0.319 e. The summed E-state index contributed by atoms with van der Waals surface area (Å²) in [5, 5.41) is -2.95. The predicted molar refractivity (Wildman–Crippen MR) is 112 cm³/mol. The Kier molecular flexibility index (Phi) is 8.31. The Morgan fingerprint density at radius 3 is 2.07 bits per heavy atom. The van der Waals surface area contributed by atoms with Crippen LogP contribution in [0.4, 0.5) is 8.78 Å². The lowest BCUT2D eigenvalue weighted by Crippen LogP contribution is -2.04. The van der Waals surface area contributed by atoms with Crippen molar-refractivity contribution >= 4 is 72.6 Å². The highest BCUT2D eigenvalue weighted by atomic mass is 36.0. The molecule has 1 N–H and O–H groups in total. The van der Waals surface area contributed by atoms with Gasteiger partial charge in [0.15, 0.2) is 0 Å². The molecule has 0 spiro atoms. The van der Waals surface area contributed by atoms with Gasteiger partial charge in [0.05, 0.1) is 34.5 Å². The van der Waals surface area contributed by atoms with Crippen molar-refractivity contribution in [2.24, 2.45) is 0 Å². The molecule has 29 heavy (non-hydrogen) atoms. The van der Waals surface area contributed by atoms with E-state index in [0.29, 0.717) is 22.1 Å². The Labute approximate surface area is 181 Å². The summed E-state index contributed by atoms with van der Waals surface area (Å²) in [6.07, 6.45) is 2.60. The van der Waals surface area contributed by atoms with E-state index in [1.165, 1.54) is 42.7 Å². The minimum absolute atomic E-state index is 0.271. The maximum absolute atomic E-state index is 12.7. The molecule has 0 amide bonds. The summed E-state index contributed by atoms with van der Waals surface area (Å²) in [5.74, 6) is -0.717. The molecule has 2 aromatic heterocycles. The molecule has 2 heterocycles. The zero-order chi connectivity index (χ0) is 21.6. The summed E-state index contributed by atoms with van der Waals surface area (Å²) < 4.78 is 34.8. The normalized spacial score (nSPS) is 10.7. The molecule has 0 radical (unpaired) electrons. The van der Waals surface area contributed by atoms with Crippen LogP contribution in [0.3, 0.4) is 0 Å². The second-order valence-corrected chi connectivity index (χ2v) is 12.2. The number of hydrogen-bond donors (Lipinski definition) is 1. The highest BCUT2D eigenvalue weighted by Crippen LogP contribution is 2.61. The van der Waals surface area contributed by atoms with Crippen LogP contribution in [0.2, 0.25) is 5.15 Å². The highest BCUT2D eigenvalue weighted by molar-refractivity contribution is 8.24. The van der Waals surface area contributed by atoms with Gasteiger partial charge in [-0.15, -0.1) is 0 Å². The van der Waals surface area contributed by atoms with Crippen LogP contribution in [0.15, 0.2) is 53.6 Å². The molecule has 4 rings (SSSR count). The SMILES string of the molecule is Fc1ccc2ncc(Cl)nc2c1.O=P(Cl)(Cl)Cl.O=c1cnc2ccc(F)cc2[nH]1. The molecule has 0 atom stereocenters. The fourth-order valence-corrected chi connectivity index (χ4v) is 2.12. The lowest BCUT2D eigenvalue weighted by atomic mass is 10.3. The number of H-pyrrole nitrogens is 1. The lowest BCUT2D eigenvalue weighted by molar-refractivity contribution is 0.600. The van der Waals surface area contributed by atoms with E-state index in [-0.39, 0.29) is 22.3 Å². The first-order valence-electron chi connectivity index (χ1n) is 7.42. The average molecular weight is 500 g/mol. The summed E-state index contributed by atoms with van der Waals surface area (Å²) in [4.78, 5) is 24.9. The first-order chi connectivity index (χ1) is 13.5. The minimum atomic E-state index is -3.22. The lowest BCUT2D eigenvalue weighted by Gasteiger charge is -1.95. The van der Waals surface area contributed by atoms with Gasteiger partial charge in [-0.2, -0.15) is 0 Å². The maximum atomic E-state index is 12.7. The van der Waals surface area contributed by atoms with Crippen LogP contribution in [0.1, 0.15) is 0 Å². The molecule has 0 aliphatic heterocycles. The van der Waals surface area contributed by atoms with Crippen molar-refractivity contribution in [3.8, 4) is 0 Å². The van der Waals surface area contributed by atoms with Crippen LogP contribution in [0.25, 0.3) is 22.1 Å². The maximum Gasteiger partial charge on any atom is 0.339 e. The quantitative estimate of drug-likeness (QED) is 0.287. The fraction of sp³-hybridized carbons (Fsp3) is 0. The Morgan fingerprint density at radius 1 is 0.862 bits per heavy atom. The van der Waals surface area contributed by atoms with Crippen LogP contribution >= 0.6 is 50.5 Å². The molecule has 13 heteroatoms. The smallest absolute Gasteiger partial charge is 0.319 e. The van der Waals surface area contributed by atoms with E-state index in [1.54, 1.807) is 6.07 Å². The Bertz CT molecular complexity index is 1210. The Hall–Kier alpha value is -1.83. The van der Waals surface area contributed by atoms with Crippen LogP contribution in [0, 0.1) is 11.6 Å². The van der Waals surface area contributed by atoms with Crippen molar-refractivity contribution in [2.75, 3.05) is 0 Å². The van der Waals surface area contributed by atoms with E-state index in [2.05, 4.69) is 53.7 Å². The number of fused-ring (bicyclic) bond motifs is 2. The predicted octanol–water partition coefficient (Wildman–Crippen LogP) is 6.30. The molecule has 0 fully saturated rings. The number of halogens is 6. The third-order valence-corrected chi connectivity index (χ3v) is 3.19. The summed E-state index contributed by atoms with van der Waals surface area (Å²) in [5.41, 5.74) is 1.79. The van der Waals surface area contributed by atoms with Crippen molar-refractivity contribution in [1.82, 2.24) is 19.9 Å². The highest BCUT2D eigenvalue weighted by Gasteiger charge is 2.03. The standard InChI is InChI=1S/C8H4ClFN2.C8H5FN2O.Cl3OP/c9-8-4-11-6-2-1-5(10)3-7(6)12-8;9-5-1-2-6-7(3-5)11-8(12)4-10-6;1-5(2,3)4/h1-4H;1-4H,(H,11,12);. The van der Waals surface area contributed by atoms with Gasteiger partial charge in [0, 0.05) is 6.07 Å². The summed E-state index contributed by atoms with van der Waals surface area (Å²) in [6.45, 7) is 0. The number of nitrogens with zero attached hydrogens (tertiary/aromatic N) is 3. The monoisotopic (exact) mass is 498 g/mol. The Balaban J connectivity index is 0.000000170. The molecule has 0 aliphatic carbocycles. The molecule has 0 unspecified atom stereocenters. The molecule has 6 nitrogen and oxygen atoms in total. The van der Waals surface area contributed by atoms with Crippen molar-refractivity contribution < 1.29 is 13.3 Å². The molecule has 0 saturated carbocycles. The van der Waals surface area contributed by atoms with E-state index in [9.17, 15) is 18.1 Å². The number of aromatic nitrogens is 4. The van der Waals surface area contributed by atoms with Crippen molar-refractivity contribution in [2.45, 2.75) is 0 Å². The summed E-state index contributed by atoms with van der Waals surface area (Å²) in [7, 11) is 0. The number of aromatic amines is 1. The molecular formula is C16H9Cl4F2N4O2P. The van der Waals surface area contributed by atoms with Gasteiger partial charge in [-0.05, 0) is 64.1 Å². The number of hydrogen-bond acceptors (Lipinski definition) is 5. The second-order valence-electron chi connectivity index (χ2n) is 5.13. The van der Waals surface area contributed by atoms with Crippen molar-refractivity contribution in [3.05, 3.63) is 75.9 Å². The third kappa shape index (κ3) is 8.60. The molecule has 4 aromatic rings. The van der Waals surface area contributed by atoms with Crippen molar-refractivity contribution in [1.29, 1.82) is 0 Å². The first-order valence-corrected chi connectivity index (χ1v) is 12.2. The Morgan fingerprint density at radius 2 is 1.41 bits per heavy atom. The second kappa shape index (κ2) is 10.3. The van der Waals surface area contributed by atoms with Gasteiger partial charge in [0.2, 0.25) is 0 Å². The van der Waals surface area contributed by atoms with E-state index in [1.807, 2.05) is 0 Å². The van der Waals surface area contributed by atoms with Crippen LogP contribution in [-0.2, 0) is 4.57 Å². The van der Waals surface area contributed by atoms with E-state index >= 15 is 0 Å². The van der Waals surface area contributed by atoms with Gasteiger partial charge in [-0.25, -0.2) is 18.7 Å². The van der Waals surface area contributed by atoms with E-state index in [0.717, 1.165) is 0 Å². The van der Waals surface area contributed by atoms with Crippen LogP contribution in [-0.4, -0.2) is 19.9 Å². The van der Waals surface area contributed by atoms with E-state index < -0.39 is 5.20 Å². The van der Waals surface area contributed by atoms with Gasteiger partial charge in [-0.3, -0.25) is 14.3 Å². The van der Waals surface area contributed by atoms with E-state index in [4.69, 9.17) is 11.6 Å². The van der Waals surface area contributed by atoms with Gasteiger partial charge in [0.25, 0.3) is 5.56 Å². The molecule has 2 aromatic carbocycles. The van der Waals surface area contributed by atoms with Gasteiger partial charge in [0.1, 0.15) is 16.8 Å². The number of benzene rings is 2. The summed E-state index contributed by atoms with van der Waals surface area (Å²) in [6, 6.07) is 8.26. The van der Waals surface area contributed by atoms with Crippen LogP contribution in [0.5, 0.6) is 0 Å². The molecular weight excluding hydrogens is 491 g/mol. The molecule has 0 bridgehead atoms. The molecule has 0 saturated heterocycles. The zero-order valence-corrected chi connectivity index (χ0v) is 17.9. The van der Waals surface area contributed by atoms with Crippen molar-refractivity contribution in [3.63, 3.8) is 0 Å². The average Bonchev–Trinajstić information content (AvgIpc) is 2.60. The number of rotatable bonds is 0. The largest absolute Gasteiger partial charge is 0.339 e. The van der Waals surface area contributed by atoms with Gasteiger partial charge in [-0.1, -0.05) is 11.6 Å². The molecule has 152 valence electrons.